The lowest BCUT2D eigenvalue weighted by atomic mass is 9.33. The van der Waals surface area contributed by atoms with Gasteiger partial charge in [-0.2, -0.15) is 0 Å². The summed E-state index contributed by atoms with van der Waals surface area (Å²) in [6, 6.07) is 37.5. The molecule has 0 saturated heterocycles. The Labute approximate surface area is 688 Å². The second-order valence-electron chi connectivity index (χ2n) is 37.4. The molecule has 4 nitrogen and oxygen atoms in total. The van der Waals surface area contributed by atoms with E-state index in [1.807, 2.05) is 225 Å². The molecule has 0 aliphatic carbocycles. The van der Waals surface area contributed by atoms with Crippen molar-refractivity contribution in [1.29, 1.82) is 0 Å². The minimum atomic E-state index is -1.81. The summed E-state index contributed by atoms with van der Waals surface area (Å²) in [4.78, 5) is 3.56. The van der Waals surface area contributed by atoms with Crippen molar-refractivity contribution in [3.05, 3.63) is 305 Å². The van der Waals surface area contributed by atoms with E-state index in [4.69, 9.17) is 0 Å². The number of fused-ring (bicyclic) bond motifs is 10. The highest BCUT2D eigenvalue weighted by molar-refractivity contribution is 7.00. The van der Waals surface area contributed by atoms with Gasteiger partial charge in [-0.05, 0) is 224 Å². The van der Waals surface area contributed by atoms with Crippen molar-refractivity contribution in [3.63, 3.8) is 0 Å². The molecule has 15 aromatic rings. The van der Waals surface area contributed by atoms with E-state index in [1.54, 1.807) is 9.80 Å². The highest BCUT2D eigenvalue weighted by Gasteiger charge is 2.47. The molecule has 2 aromatic heterocycles. The van der Waals surface area contributed by atoms with Crippen molar-refractivity contribution in [3.8, 4) is 55.9 Å². The Balaban J connectivity index is 1.20. The second kappa shape index (κ2) is 25.9. The van der Waals surface area contributed by atoms with Crippen LogP contribution in [0.1, 0.15) is 212 Å². The van der Waals surface area contributed by atoms with Crippen molar-refractivity contribution in [2.45, 2.75) is 183 Å². The summed E-state index contributed by atoms with van der Waals surface area (Å²) in [6.45, 7) is 38.2. The Hall–Kier alpha value is -10.9. The predicted molar refractivity (Wildman–Crippen MR) is 482 cm³/mol. The molecule has 0 radical (unpaired) electrons. The Morgan fingerprint density at radius 3 is 0.748 bits per heavy atom. The van der Waals surface area contributed by atoms with Gasteiger partial charge in [-0.25, -0.2) is 0 Å². The van der Waals surface area contributed by atoms with E-state index in [0.717, 1.165) is 11.1 Å². The summed E-state index contributed by atoms with van der Waals surface area (Å²) in [5.74, 6) is 0. The molecule has 0 amide bonds. The Morgan fingerprint density at radius 1 is 0.252 bits per heavy atom. The molecule has 111 heavy (non-hydrogen) atoms. The maximum absolute atomic E-state index is 12.1. The minimum absolute atomic E-state index is 0.00167. The highest BCUT2D eigenvalue weighted by atomic mass is 15.2. The molecular weight excluding hydrogens is 1340 g/mol. The summed E-state index contributed by atoms with van der Waals surface area (Å²) in [5.41, 5.74) is -1.50. The first-order valence-corrected chi connectivity index (χ1v) is 38.8. The maximum atomic E-state index is 12.1. The van der Waals surface area contributed by atoms with Crippen LogP contribution in [0.4, 0.5) is 34.1 Å². The van der Waals surface area contributed by atoms with Gasteiger partial charge in [0.2, 0.25) is 0 Å². The quantitative estimate of drug-likeness (QED) is 0.141. The fourth-order valence-corrected chi connectivity index (χ4v) is 15.5. The van der Waals surface area contributed by atoms with Gasteiger partial charge in [0.25, 0.3) is 6.71 Å². The first-order valence-electron chi connectivity index (χ1n) is 48.8. The summed E-state index contributed by atoms with van der Waals surface area (Å²) >= 11 is 0. The average Bonchev–Trinajstić information content (AvgIpc) is 1.29. The fraction of sp³-hybridized carbons (Fsp3) is 0.264. The fourth-order valence-electron chi connectivity index (χ4n) is 15.5. The summed E-state index contributed by atoms with van der Waals surface area (Å²) in [5, 5.41) is -0.251. The van der Waals surface area contributed by atoms with Crippen LogP contribution in [0.3, 0.4) is 0 Å². The van der Waals surface area contributed by atoms with E-state index >= 15 is 0 Å². The third kappa shape index (κ3) is 12.5. The van der Waals surface area contributed by atoms with Gasteiger partial charge in [-0.3, -0.25) is 0 Å². The van der Waals surface area contributed by atoms with Crippen molar-refractivity contribution < 1.29 is 27.4 Å². The van der Waals surface area contributed by atoms with Crippen LogP contribution in [0.2, 0.25) is 0 Å². The summed E-state index contributed by atoms with van der Waals surface area (Å²) < 4.78 is 221. The molecular formula is C106H107BN4. The van der Waals surface area contributed by atoms with Crippen LogP contribution in [0.5, 0.6) is 0 Å². The van der Waals surface area contributed by atoms with Gasteiger partial charge < -0.3 is 18.9 Å². The van der Waals surface area contributed by atoms with Gasteiger partial charge in [-0.15, -0.1) is 0 Å². The summed E-state index contributed by atoms with van der Waals surface area (Å²) in [6.07, 6.45) is 0. The highest BCUT2D eigenvalue weighted by Crippen LogP contribution is 2.56. The van der Waals surface area contributed by atoms with Crippen molar-refractivity contribution in [2.75, 3.05) is 9.80 Å². The van der Waals surface area contributed by atoms with E-state index in [2.05, 4.69) is 65.8 Å². The first-order chi connectivity index (χ1) is 60.9. The van der Waals surface area contributed by atoms with Crippen LogP contribution >= 0.6 is 0 Å². The smallest absolute Gasteiger partial charge is 0.252 e. The molecule has 17 rings (SSSR count). The van der Waals surface area contributed by atoms with Gasteiger partial charge in [0, 0.05) is 77.9 Å². The zero-order valence-electron chi connectivity index (χ0n) is 87.7. The SMILES string of the molecule is [2H]c1c([2H])c(-n2c3c([2H])c([2H])c(C(C)(C)C)c([2H])c3c3c([2H])c(C(C)(C)C)c([2H])c([2H])c32)c([2H])c2c1B1c3c([2H])c([2H])c(-n4c5c([2H])c([2H])c(C(C)(C)C)c([2H])c5c5c([2H])c(C(C)(C)C)c([2H])c([2H])c54)c([2H])c3N(c3c(-c4ccccc4)cc(C(C)(C)C)cc3-c3ccccc3)c3c([2H])c(C(C)(C)C)c([2H])c(c31)N2c1c(-c2ccccc2)cc(C(C)(C)C)cc1-c1ccccc1. The van der Waals surface area contributed by atoms with Gasteiger partial charge in [0.1, 0.15) is 0 Å². The van der Waals surface area contributed by atoms with Gasteiger partial charge in [0.15, 0.2) is 0 Å². The third-order valence-corrected chi connectivity index (χ3v) is 21.9. The minimum Gasteiger partial charge on any atom is -0.310 e. The normalized spacial score (nSPS) is 16.1. The molecule has 554 valence electrons. The lowest BCUT2D eigenvalue weighted by Gasteiger charge is -2.47. The monoisotopic (exact) mass is 1470 g/mol. The van der Waals surface area contributed by atoms with E-state index in [9.17, 15) is 27.4 Å². The number of anilines is 6. The lowest BCUT2D eigenvalue weighted by Crippen LogP contribution is -2.61. The molecule has 0 saturated carbocycles. The topological polar surface area (TPSA) is 16.3 Å². The molecule has 0 unspecified atom stereocenters. The Bertz CT molecular complexity index is 6750. The average molecular weight is 1470 g/mol. The number of hydrogen-bond acceptors (Lipinski definition) is 2. The van der Waals surface area contributed by atoms with Gasteiger partial charge in [0.05, 0.1) is 60.9 Å². The van der Waals surface area contributed by atoms with Crippen LogP contribution < -0.4 is 26.2 Å². The molecule has 0 atom stereocenters. The van der Waals surface area contributed by atoms with Crippen LogP contribution in [0, 0.1) is 0 Å². The predicted octanol–water partition coefficient (Wildman–Crippen LogP) is 27.7. The zero-order valence-corrected chi connectivity index (χ0v) is 67.7. The van der Waals surface area contributed by atoms with E-state index in [0.29, 0.717) is 55.9 Å². The van der Waals surface area contributed by atoms with Crippen LogP contribution in [-0.2, 0) is 37.9 Å². The number of benzene rings is 13. The lowest BCUT2D eigenvalue weighted by molar-refractivity contribution is 0.590. The van der Waals surface area contributed by atoms with Gasteiger partial charge in [-0.1, -0.05) is 303 Å². The summed E-state index contributed by atoms with van der Waals surface area (Å²) in [7, 11) is 0. The largest absolute Gasteiger partial charge is 0.310 e. The molecule has 0 N–H and O–H groups in total. The van der Waals surface area contributed by atoms with E-state index in [1.165, 1.54) is 9.13 Å². The number of hydrogen-bond donors (Lipinski definition) is 0. The first kappa shape index (κ1) is 53.1. The number of rotatable bonds is 8. The molecule has 0 bridgehead atoms. The van der Waals surface area contributed by atoms with Crippen LogP contribution in [0.25, 0.3) is 99.5 Å². The van der Waals surface area contributed by atoms with Gasteiger partial charge >= 0.3 is 0 Å². The van der Waals surface area contributed by atoms with Crippen molar-refractivity contribution >= 4 is 101 Å². The van der Waals surface area contributed by atoms with E-state index in [-0.39, 0.29) is 147 Å². The number of aromatic nitrogens is 2. The molecule has 2 aliphatic heterocycles. The maximum Gasteiger partial charge on any atom is 0.252 e. The zero-order chi connectivity index (χ0) is 95.5. The van der Waals surface area contributed by atoms with Crippen molar-refractivity contribution in [2.24, 2.45) is 0 Å². The van der Waals surface area contributed by atoms with Crippen LogP contribution in [-0.4, -0.2) is 15.8 Å². The molecule has 0 spiro atoms. The van der Waals surface area contributed by atoms with Crippen LogP contribution in [0.15, 0.2) is 266 Å². The van der Waals surface area contributed by atoms with E-state index < -0.39 is 141 Å². The third-order valence-electron chi connectivity index (χ3n) is 21.9. The standard InChI is InChI=1S/C106H107BN4/c1-100(2,3)70-42-50-89-83(54-70)84-55-71(101(4,5)6)43-51-90(84)108(89)77-46-48-87-93(64-77)110(98-79(66-34-26-22-27-35-66)58-74(104(13,14)15)59-80(98)67-36-28-23-29-37-67)95-62-76(106(19,20)21)63-96-97(95)107(87)88-49-47-78(109-91-52-44-72(102(7,8)9)56-85(91)86-57-73(103(10,11)12)45-53-92(86)109)65-94(88)111(96)99-81(68-38-30-24-31-39-68)60-75(105(16,17)18)61-82(99)69-40-32-25-33-41-69/h22-65H,1-21H3/i42D,43D,44D,45D,46D,47D,48D,49D,50D,51D,52D,53D,54D,55D,56D,57D,62D,63D,64D,65D. The Morgan fingerprint density at radius 2 is 0.505 bits per heavy atom. The second-order valence-corrected chi connectivity index (χ2v) is 37.4. The molecule has 13 aromatic carbocycles. The molecule has 2 aliphatic rings. The molecule has 5 heteroatoms. The molecule has 4 heterocycles. The molecule has 0 fully saturated rings. The number of nitrogens with zero attached hydrogens (tertiary/aromatic N) is 4. The Kier molecular flexibility index (Phi) is 12.4. The van der Waals surface area contributed by atoms with Crippen molar-refractivity contribution in [1.82, 2.24) is 9.13 Å².